The van der Waals surface area contributed by atoms with Gasteiger partial charge in [-0.2, -0.15) is 11.8 Å². The maximum Gasteiger partial charge on any atom is 0.238 e. The van der Waals surface area contributed by atoms with Gasteiger partial charge in [0, 0.05) is 24.6 Å². The van der Waals surface area contributed by atoms with E-state index in [-0.39, 0.29) is 12.5 Å². The molecule has 1 amide bonds. The van der Waals surface area contributed by atoms with Crippen LogP contribution in [-0.4, -0.2) is 42.2 Å². The first-order valence-corrected chi connectivity index (χ1v) is 7.22. The zero-order valence-electron chi connectivity index (χ0n) is 10.4. The van der Waals surface area contributed by atoms with E-state index >= 15 is 0 Å². The molecule has 0 fully saturated rings. The second-order valence-corrected chi connectivity index (χ2v) is 5.01. The zero-order valence-corrected chi connectivity index (χ0v) is 11.2. The Labute approximate surface area is 112 Å². The molecule has 100 valence electrons. The topological polar surface area (TPSA) is 61.4 Å². The van der Waals surface area contributed by atoms with Gasteiger partial charge in [-0.1, -0.05) is 18.2 Å². The average molecular weight is 268 g/mol. The fourth-order valence-corrected chi connectivity index (χ4v) is 2.17. The standard InChI is InChI=1S/C13H20N2O2S/c16-8-4-9-18-10-7-14-11-13(17)15-12-5-2-1-3-6-12/h1-3,5-6,14,16H,4,7-11H2,(H,15,17). The van der Waals surface area contributed by atoms with E-state index in [1.807, 2.05) is 30.3 Å². The van der Waals surface area contributed by atoms with Crippen LogP contribution in [0.25, 0.3) is 0 Å². The third-order valence-corrected chi connectivity index (χ3v) is 3.28. The largest absolute Gasteiger partial charge is 0.396 e. The van der Waals surface area contributed by atoms with Crippen molar-refractivity contribution >= 4 is 23.4 Å². The molecule has 0 unspecified atom stereocenters. The van der Waals surface area contributed by atoms with Crippen LogP contribution in [0.2, 0.25) is 0 Å². The first-order chi connectivity index (χ1) is 8.83. The monoisotopic (exact) mass is 268 g/mol. The third kappa shape index (κ3) is 7.32. The Morgan fingerprint density at radius 3 is 2.72 bits per heavy atom. The Morgan fingerprint density at radius 2 is 2.00 bits per heavy atom. The molecular formula is C13H20N2O2S. The molecule has 0 aromatic heterocycles. The van der Waals surface area contributed by atoms with E-state index in [0.717, 1.165) is 30.2 Å². The molecule has 0 saturated carbocycles. The van der Waals surface area contributed by atoms with Crippen molar-refractivity contribution in [1.29, 1.82) is 0 Å². The van der Waals surface area contributed by atoms with E-state index in [4.69, 9.17) is 5.11 Å². The summed E-state index contributed by atoms with van der Waals surface area (Å²) >= 11 is 1.78. The molecular weight excluding hydrogens is 248 g/mol. The summed E-state index contributed by atoms with van der Waals surface area (Å²) in [4.78, 5) is 11.5. The predicted molar refractivity (Wildman–Crippen MR) is 77.0 cm³/mol. The smallest absolute Gasteiger partial charge is 0.238 e. The number of hydrogen-bond acceptors (Lipinski definition) is 4. The molecule has 1 rings (SSSR count). The number of hydrogen-bond donors (Lipinski definition) is 3. The summed E-state index contributed by atoms with van der Waals surface area (Å²) < 4.78 is 0. The lowest BCUT2D eigenvalue weighted by atomic mass is 10.3. The van der Waals surface area contributed by atoms with Crippen molar-refractivity contribution < 1.29 is 9.90 Å². The van der Waals surface area contributed by atoms with E-state index < -0.39 is 0 Å². The molecule has 1 aromatic rings. The molecule has 0 radical (unpaired) electrons. The second-order valence-electron chi connectivity index (χ2n) is 3.78. The van der Waals surface area contributed by atoms with Crippen LogP contribution in [0.1, 0.15) is 6.42 Å². The second kappa shape index (κ2) is 9.94. The maximum absolute atomic E-state index is 11.5. The fraction of sp³-hybridized carbons (Fsp3) is 0.462. The molecule has 4 nitrogen and oxygen atoms in total. The number of nitrogens with one attached hydrogen (secondary N) is 2. The number of aliphatic hydroxyl groups excluding tert-OH is 1. The first kappa shape index (κ1) is 15.0. The van der Waals surface area contributed by atoms with Crippen LogP contribution in [0.4, 0.5) is 5.69 Å². The Hall–Kier alpha value is -1.04. The van der Waals surface area contributed by atoms with Gasteiger partial charge in [-0.15, -0.1) is 0 Å². The van der Waals surface area contributed by atoms with Crippen molar-refractivity contribution in [3.05, 3.63) is 30.3 Å². The summed E-state index contributed by atoms with van der Waals surface area (Å²) in [5.74, 6) is 1.90. The summed E-state index contributed by atoms with van der Waals surface area (Å²) in [7, 11) is 0. The van der Waals surface area contributed by atoms with Crippen molar-refractivity contribution in [2.45, 2.75) is 6.42 Å². The lowest BCUT2D eigenvalue weighted by Crippen LogP contribution is -2.29. The lowest BCUT2D eigenvalue weighted by molar-refractivity contribution is -0.115. The highest BCUT2D eigenvalue weighted by molar-refractivity contribution is 7.99. The van der Waals surface area contributed by atoms with Crippen LogP contribution in [0, 0.1) is 0 Å². The van der Waals surface area contributed by atoms with E-state index in [9.17, 15) is 4.79 Å². The highest BCUT2D eigenvalue weighted by Crippen LogP contribution is 2.04. The lowest BCUT2D eigenvalue weighted by Gasteiger charge is -2.06. The Morgan fingerprint density at radius 1 is 1.22 bits per heavy atom. The highest BCUT2D eigenvalue weighted by atomic mass is 32.2. The third-order valence-electron chi connectivity index (χ3n) is 2.21. The molecule has 0 spiro atoms. The van der Waals surface area contributed by atoms with E-state index in [0.29, 0.717) is 6.54 Å². The predicted octanol–water partition coefficient (Wildman–Crippen LogP) is 1.33. The van der Waals surface area contributed by atoms with Gasteiger partial charge in [0.15, 0.2) is 0 Å². The highest BCUT2D eigenvalue weighted by Gasteiger charge is 2.00. The summed E-state index contributed by atoms with van der Waals surface area (Å²) in [6.07, 6.45) is 0.832. The zero-order chi connectivity index (χ0) is 13.1. The minimum Gasteiger partial charge on any atom is -0.396 e. The number of rotatable bonds is 9. The van der Waals surface area contributed by atoms with E-state index in [1.54, 1.807) is 11.8 Å². The van der Waals surface area contributed by atoms with Crippen LogP contribution in [0.15, 0.2) is 30.3 Å². The fourth-order valence-electron chi connectivity index (χ4n) is 1.34. The molecule has 1 aromatic carbocycles. The SMILES string of the molecule is O=C(CNCCSCCCO)Nc1ccccc1. The Kier molecular flexibility index (Phi) is 8.29. The van der Waals surface area contributed by atoms with Crippen LogP contribution >= 0.6 is 11.8 Å². The van der Waals surface area contributed by atoms with Crippen molar-refractivity contribution in [3.8, 4) is 0 Å². The summed E-state index contributed by atoms with van der Waals surface area (Å²) in [5, 5.41) is 14.5. The van der Waals surface area contributed by atoms with Gasteiger partial charge in [0.2, 0.25) is 5.91 Å². The molecule has 0 heterocycles. The summed E-state index contributed by atoms with van der Waals surface area (Å²) in [5.41, 5.74) is 0.821. The summed E-state index contributed by atoms with van der Waals surface area (Å²) in [6.45, 7) is 1.38. The number of thioether (sulfide) groups is 1. The van der Waals surface area contributed by atoms with Gasteiger partial charge in [0.05, 0.1) is 6.54 Å². The number of benzene rings is 1. The van der Waals surface area contributed by atoms with Crippen LogP contribution in [0.5, 0.6) is 0 Å². The van der Waals surface area contributed by atoms with Crippen molar-refractivity contribution in [2.75, 3.05) is 36.5 Å². The van der Waals surface area contributed by atoms with Crippen molar-refractivity contribution in [3.63, 3.8) is 0 Å². The van der Waals surface area contributed by atoms with Crippen molar-refractivity contribution in [2.24, 2.45) is 0 Å². The molecule has 3 N–H and O–H groups in total. The molecule has 0 saturated heterocycles. The minimum atomic E-state index is -0.0263. The quantitative estimate of drug-likeness (QED) is 0.591. The normalized spacial score (nSPS) is 10.3. The van der Waals surface area contributed by atoms with Crippen molar-refractivity contribution in [1.82, 2.24) is 5.32 Å². The molecule has 18 heavy (non-hydrogen) atoms. The van der Waals surface area contributed by atoms with Gasteiger partial charge in [0.25, 0.3) is 0 Å². The first-order valence-electron chi connectivity index (χ1n) is 6.07. The van der Waals surface area contributed by atoms with Crippen LogP contribution < -0.4 is 10.6 Å². The average Bonchev–Trinajstić information content (AvgIpc) is 2.39. The number of carbonyl (C=O) groups excluding carboxylic acids is 1. The van der Waals surface area contributed by atoms with Gasteiger partial charge >= 0.3 is 0 Å². The number of aliphatic hydroxyl groups is 1. The molecule has 0 bridgehead atoms. The Balaban J connectivity index is 2.00. The van der Waals surface area contributed by atoms with Gasteiger partial charge in [-0.25, -0.2) is 0 Å². The van der Waals surface area contributed by atoms with Crippen LogP contribution in [0.3, 0.4) is 0 Å². The van der Waals surface area contributed by atoms with Crippen LogP contribution in [-0.2, 0) is 4.79 Å². The van der Waals surface area contributed by atoms with Gasteiger partial charge in [0.1, 0.15) is 0 Å². The van der Waals surface area contributed by atoms with E-state index in [2.05, 4.69) is 10.6 Å². The molecule has 0 aliphatic carbocycles. The Bertz CT molecular complexity index is 333. The number of para-hydroxylation sites is 1. The van der Waals surface area contributed by atoms with Gasteiger partial charge < -0.3 is 15.7 Å². The number of carbonyl (C=O) groups is 1. The molecule has 5 heteroatoms. The molecule has 0 aliphatic rings. The number of amides is 1. The van der Waals surface area contributed by atoms with Gasteiger partial charge in [-0.3, -0.25) is 4.79 Å². The summed E-state index contributed by atoms with van der Waals surface area (Å²) in [6, 6.07) is 9.42. The number of anilines is 1. The molecule has 0 atom stereocenters. The van der Waals surface area contributed by atoms with E-state index in [1.165, 1.54) is 0 Å². The molecule has 0 aliphatic heterocycles. The van der Waals surface area contributed by atoms with Gasteiger partial charge in [-0.05, 0) is 24.3 Å². The minimum absolute atomic E-state index is 0.0263. The maximum atomic E-state index is 11.5.